The van der Waals surface area contributed by atoms with Gasteiger partial charge in [0.05, 0.1) is 17.3 Å². The highest BCUT2D eigenvalue weighted by Crippen LogP contribution is 2.10. The summed E-state index contributed by atoms with van der Waals surface area (Å²) in [6.45, 7) is 0.417. The molecule has 0 bridgehead atoms. The fourth-order valence-electron chi connectivity index (χ4n) is 1.75. The first-order valence-electron chi connectivity index (χ1n) is 6.83. The van der Waals surface area contributed by atoms with Crippen LogP contribution in [0.3, 0.4) is 0 Å². The minimum Gasteiger partial charge on any atom is -0.492 e. The molecule has 7 heteroatoms. The van der Waals surface area contributed by atoms with E-state index in [0.29, 0.717) is 5.75 Å². The minimum atomic E-state index is -1.60. The van der Waals surface area contributed by atoms with Crippen LogP contribution in [0.25, 0.3) is 0 Å². The molecule has 0 aliphatic rings. The standard InChI is InChI=1S/C16H15F2NO3S/c17-12-4-6-14(7-5-12)22-9-8-19-16(20)11-23(21)15-3-1-2-13(18)10-15/h1-7,10H,8-9,11H2,(H,19,20)/t23-/m0/s1. The van der Waals surface area contributed by atoms with E-state index in [2.05, 4.69) is 5.32 Å². The summed E-state index contributed by atoms with van der Waals surface area (Å²) >= 11 is 0. The maximum Gasteiger partial charge on any atom is 0.233 e. The van der Waals surface area contributed by atoms with Crippen LogP contribution in [0, 0.1) is 11.6 Å². The first-order chi connectivity index (χ1) is 11.0. The maximum absolute atomic E-state index is 13.0. The Labute approximate surface area is 134 Å². The molecule has 0 radical (unpaired) electrons. The minimum absolute atomic E-state index is 0.198. The number of benzene rings is 2. The summed E-state index contributed by atoms with van der Waals surface area (Å²) in [5, 5.41) is 2.55. The molecule has 4 nitrogen and oxygen atoms in total. The molecule has 0 fully saturated rings. The molecule has 0 spiro atoms. The van der Waals surface area contributed by atoms with E-state index >= 15 is 0 Å². The van der Waals surface area contributed by atoms with Crippen molar-refractivity contribution in [3.8, 4) is 5.75 Å². The Morgan fingerprint density at radius 1 is 1.09 bits per heavy atom. The van der Waals surface area contributed by atoms with Gasteiger partial charge in [0.2, 0.25) is 5.91 Å². The zero-order chi connectivity index (χ0) is 16.7. The zero-order valence-corrected chi connectivity index (χ0v) is 12.9. The molecule has 1 atom stereocenters. The van der Waals surface area contributed by atoms with Crippen LogP contribution in [0.15, 0.2) is 53.4 Å². The molecule has 0 aliphatic heterocycles. The van der Waals surface area contributed by atoms with Crippen LogP contribution >= 0.6 is 0 Å². The van der Waals surface area contributed by atoms with E-state index in [1.165, 1.54) is 42.5 Å². The average Bonchev–Trinajstić information content (AvgIpc) is 2.53. The number of hydrogen-bond acceptors (Lipinski definition) is 3. The molecule has 0 saturated heterocycles. The number of rotatable bonds is 7. The first-order valence-corrected chi connectivity index (χ1v) is 8.15. The number of amides is 1. The van der Waals surface area contributed by atoms with Crippen molar-refractivity contribution in [2.24, 2.45) is 0 Å². The smallest absolute Gasteiger partial charge is 0.233 e. The second-order valence-corrected chi connectivity index (χ2v) is 6.05. The van der Waals surface area contributed by atoms with Crippen LogP contribution in [-0.4, -0.2) is 29.0 Å². The van der Waals surface area contributed by atoms with Crippen molar-refractivity contribution in [3.05, 3.63) is 60.2 Å². The fourth-order valence-corrected chi connectivity index (χ4v) is 2.73. The van der Waals surface area contributed by atoms with E-state index in [9.17, 15) is 17.8 Å². The molecule has 2 rings (SSSR count). The quantitative estimate of drug-likeness (QED) is 0.788. The monoisotopic (exact) mass is 339 g/mol. The molecule has 23 heavy (non-hydrogen) atoms. The van der Waals surface area contributed by atoms with Crippen LogP contribution in [-0.2, 0) is 15.6 Å². The van der Waals surface area contributed by atoms with Gasteiger partial charge >= 0.3 is 0 Å². The molecule has 2 aromatic rings. The molecule has 0 unspecified atom stereocenters. The predicted molar refractivity (Wildman–Crippen MR) is 82.6 cm³/mol. The Balaban J connectivity index is 1.70. The van der Waals surface area contributed by atoms with E-state index < -0.39 is 22.5 Å². The largest absolute Gasteiger partial charge is 0.492 e. The van der Waals surface area contributed by atoms with Crippen molar-refractivity contribution in [1.82, 2.24) is 5.32 Å². The van der Waals surface area contributed by atoms with Crippen molar-refractivity contribution >= 4 is 16.7 Å². The molecule has 2 aromatic carbocycles. The van der Waals surface area contributed by atoms with E-state index in [1.54, 1.807) is 0 Å². The average molecular weight is 339 g/mol. The van der Waals surface area contributed by atoms with Gasteiger partial charge in [0.1, 0.15) is 29.7 Å². The van der Waals surface area contributed by atoms with Crippen molar-refractivity contribution in [2.75, 3.05) is 18.9 Å². The molecular formula is C16H15F2NO3S. The van der Waals surface area contributed by atoms with Gasteiger partial charge in [-0.05, 0) is 42.5 Å². The predicted octanol–water partition coefficient (Wildman–Crippen LogP) is 2.27. The summed E-state index contributed by atoms with van der Waals surface area (Å²) in [4.78, 5) is 11.9. The lowest BCUT2D eigenvalue weighted by Gasteiger charge is -2.08. The van der Waals surface area contributed by atoms with Crippen LogP contribution in [0.5, 0.6) is 5.75 Å². The summed E-state index contributed by atoms with van der Waals surface area (Å²) in [6, 6.07) is 10.8. The Hall–Kier alpha value is -2.28. The lowest BCUT2D eigenvalue weighted by molar-refractivity contribution is -0.118. The van der Waals surface area contributed by atoms with Crippen molar-refractivity contribution in [2.45, 2.75) is 4.90 Å². The van der Waals surface area contributed by atoms with E-state index in [0.717, 1.165) is 6.07 Å². The Morgan fingerprint density at radius 2 is 1.83 bits per heavy atom. The van der Waals surface area contributed by atoms with E-state index in [1.807, 2.05) is 0 Å². The van der Waals surface area contributed by atoms with Gasteiger partial charge in [-0.15, -0.1) is 0 Å². The maximum atomic E-state index is 13.0. The number of carbonyl (C=O) groups is 1. The Kier molecular flexibility index (Phi) is 6.22. The molecule has 0 saturated carbocycles. The van der Waals surface area contributed by atoms with Gasteiger partial charge in [0.25, 0.3) is 0 Å². The summed E-state index contributed by atoms with van der Waals surface area (Å²) in [5.74, 6) is -1.03. The highest BCUT2D eigenvalue weighted by Gasteiger charge is 2.10. The Morgan fingerprint density at radius 3 is 2.52 bits per heavy atom. The summed E-state index contributed by atoms with van der Waals surface area (Å²) < 4.78 is 42.9. The van der Waals surface area contributed by atoms with E-state index in [-0.39, 0.29) is 29.6 Å². The third-order valence-corrected chi connectivity index (χ3v) is 4.13. The zero-order valence-electron chi connectivity index (χ0n) is 12.1. The molecule has 0 aliphatic carbocycles. The van der Waals surface area contributed by atoms with Gasteiger partial charge in [-0.2, -0.15) is 0 Å². The molecule has 122 valence electrons. The summed E-state index contributed by atoms with van der Waals surface area (Å²) in [6.07, 6.45) is 0. The number of carbonyl (C=O) groups excluding carboxylic acids is 1. The molecule has 1 amide bonds. The lowest BCUT2D eigenvalue weighted by Crippen LogP contribution is -2.31. The van der Waals surface area contributed by atoms with Crippen LogP contribution in [0.2, 0.25) is 0 Å². The van der Waals surface area contributed by atoms with Gasteiger partial charge < -0.3 is 10.1 Å². The van der Waals surface area contributed by atoms with Gasteiger partial charge in [-0.1, -0.05) is 6.07 Å². The fraction of sp³-hybridized carbons (Fsp3) is 0.188. The van der Waals surface area contributed by atoms with Gasteiger partial charge in [-0.3, -0.25) is 9.00 Å². The number of nitrogens with one attached hydrogen (secondary N) is 1. The number of halogens is 2. The van der Waals surface area contributed by atoms with E-state index in [4.69, 9.17) is 4.74 Å². The SMILES string of the molecule is O=C(C[S@](=O)c1cccc(F)c1)NCCOc1ccc(F)cc1. The second kappa shape index (κ2) is 8.38. The van der Waals surface area contributed by atoms with Crippen LogP contribution < -0.4 is 10.1 Å². The summed E-state index contributed by atoms with van der Waals surface area (Å²) in [7, 11) is -1.60. The van der Waals surface area contributed by atoms with Crippen molar-refractivity contribution < 1.29 is 22.5 Å². The lowest BCUT2D eigenvalue weighted by atomic mass is 10.3. The van der Waals surface area contributed by atoms with Gasteiger partial charge in [0.15, 0.2) is 0 Å². The number of hydrogen-bond donors (Lipinski definition) is 1. The molecule has 1 N–H and O–H groups in total. The first kappa shape index (κ1) is 17.1. The Bertz CT molecular complexity index is 692. The highest BCUT2D eigenvalue weighted by molar-refractivity contribution is 7.85. The van der Waals surface area contributed by atoms with Crippen molar-refractivity contribution in [3.63, 3.8) is 0 Å². The highest BCUT2D eigenvalue weighted by atomic mass is 32.2. The van der Waals surface area contributed by atoms with Crippen LogP contribution in [0.4, 0.5) is 8.78 Å². The van der Waals surface area contributed by atoms with Crippen molar-refractivity contribution in [1.29, 1.82) is 0 Å². The molecule has 0 aromatic heterocycles. The van der Waals surface area contributed by atoms with Crippen LogP contribution in [0.1, 0.15) is 0 Å². The van der Waals surface area contributed by atoms with Gasteiger partial charge in [-0.25, -0.2) is 8.78 Å². The number of ether oxygens (including phenoxy) is 1. The third kappa shape index (κ3) is 5.78. The second-order valence-electron chi connectivity index (χ2n) is 4.60. The molecule has 0 heterocycles. The normalized spacial score (nSPS) is 11.7. The topological polar surface area (TPSA) is 55.4 Å². The van der Waals surface area contributed by atoms with Gasteiger partial charge in [0, 0.05) is 4.90 Å². The summed E-state index contributed by atoms with van der Waals surface area (Å²) in [5.41, 5.74) is 0. The third-order valence-electron chi connectivity index (χ3n) is 2.83. The molecular weight excluding hydrogens is 324 g/mol.